The topological polar surface area (TPSA) is 21.3 Å². The van der Waals surface area contributed by atoms with E-state index in [1.165, 1.54) is 0 Å². The van der Waals surface area contributed by atoms with E-state index >= 15 is 0 Å². The molecule has 0 radical (unpaired) electrons. The van der Waals surface area contributed by atoms with Crippen molar-refractivity contribution in [1.29, 1.82) is 0 Å². The number of halogens is 1. The summed E-state index contributed by atoms with van der Waals surface area (Å²) < 4.78 is 5.96. The predicted octanol–water partition coefficient (Wildman–Crippen LogP) is 4.44. The molecule has 0 bridgehead atoms. The number of benzene rings is 1. The Bertz CT molecular complexity index is 398. The van der Waals surface area contributed by atoms with Gasteiger partial charge >= 0.3 is 0 Å². The molecular weight excluding hydrogens is 258 g/mol. The average Bonchev–Trinajstić information content (AvgIpc) is 2.31. The Kier molecular flexibility index (Phi) is 6.15. The number of nitrogens with one attached hydrogen (secondary N) is 1. The highest BCUT2D eigenvalue weighted by Crippen LogP contribution is 2.25. The lowest BCUT2D eigenvalue weighted by molar-refractivity contribution is 0.173. The Morgan fingerprint density at radius 1 is 1.32 bits per heavy atom. The maximum absolute atomic E-state index is 6.01. The molecule has 0 aromatic heterocycles. The van der Waals surface area contributed by atoms with Gasteiger partial charge in [-0.3, -0.25) is 0 Å². The van der Waals surface area contributed by atoms with Crippen LogP contribution >= 0.6 is 11.6 Å². The van der Waals surface area contributed by atoms with Gasteiger partial charge in [-0.1, -0.05) is 45.4 Å². The Hall–Kier alpha value is -0.730. The minimum absolute atomic E-state index is 0.168. The van der Waals surface area contributed by atoms with Crippen molar-refractivity contribution < 1.29 is 4.74 Å². The fourth-order valence-electron chi connectivity index (χ4n) is 1.84. The molecule has 0 saturated heterocycles. The minimum atomic E-state index is 0.168. The lowest BCUT2D eigenvalue weighted by Gasteiger charge is -2.31. The molecule has 0 spiro atoms. The molecule has 1 atom stereocenters. The second-order valence-electron chi connectivity index (χ2n) is 6.09. The Morgan fingerprint density at radius 2 is 2.00 bits per heavy atom. The van der Waals surface area contributed by atoms with Crippen molar-refractivity contribution in [3.8, 4) is 5.75 Å². The first-order chi connectivity index (χ1) is 8.84. The number of ether oxygens (including phenoxy) is 1. The van der Waals surface area contributed by atoms with Gasteiger partial charge in [0.1, 0.15) is 12.4 Å². The summed E-state index contributed by atoms with van der Waals surface area (Å²) in [7, 11) is 0. The summed E-state index contributed by atoms with van der Waals surface area (Å²) in [5.41, 5.74) is 1.29. The Morgan fingerprint density at radius 3 is 2.58 bits per heavy atom. The normalized spacial score (nSPS) is 13.4. The monoisotopic (exact) mass is 283 g/mol. The number of aryl methyl sites for hydroxylation is 1. The Labute approximate surface area is 122 Å². The summed E-state index contributed by atoms with van der Waals surface area (Å²) in [6.07, 6.45) is 1.13. The van der Waals surface area contributed by atoms with Crippen molar-refractivity contribution in [1.82, 2.24) is 5.32 Å². The van der Waals surface area contributed by atoms with Gasteiger partial charge < -0.3 is 10.1 Å². The van der Waals surface area contributed by atoms with Crippen molar-refractivity contribution in [2.45, 2.75) is 47.1 Å². The zero-order chi connectivity index (χ0) is 14.5. The van der Waals surface area contributed by atoms with E-state index in [2.05, 4.69) is 33.0 Å². The fourth-order valence-corrected chi connectivity index (χ4v) is 2.00. The van der Waals surface area contributed by atoms with Crippen molar-refractivity contribution in [2.24, 2.45) is 5.41 Å². The largest absolute Gasteiger partial charge is 0.492 e. The first-order valence-electron chi connectivity index (χ1n) is 6.97. The van der Waals surface area contributed by atoms with Gasteiger partial charge in [0, 0.05) is 11.1 Å². The smallest absolute Gasteiger partial charge is 0.123 e. The van der Waals surface area contributed by atoms with Crippen LogP contribution < -0.4 is 10.1 Å². The molecule has 0 heterocycles. The van der Waals surface area contributed by atoms with E-state index < -0.39 is 0 Å². The fraction of sp³-hybridized carbons (Fsp3) is 0.625. The zero-order valence-corrected chi connectivity index (χ0v) is 13.5. The quantitative estimate of drug-likeness (QED) is 0.833. The molecule has 1 aromatic carbocycles. The van der Waals surface area contributed by atoms with Gasteiger partial charge in [0.25, 0.3) is 0 Å². The molecule has 0 amide bonds. The van der Waals surface area contributed by atoms with E-state index in [9.17, 15) is 0 Å². The third kappa shape index (κ3) is 5.42. The Balaban J connectivity index is 2.67. The summed E-state index contributed by atoms with van der Waals surface area (Å²) in [6, 6.07) is 6.09. The van der Waals surface area contributed by atoms with Crippen molar-refractivity contribution in [3.63, 3.8) is 0 Å². The summed E-state index contributed by atoms with van der Waals surface area (Å²) in [6.45, 7) is 12.6. The van der Waals surface area contributed by atoms with Crippen molar-refractivity contribution >= 4 is 11.6 Å². The summed E-state index contributed by atoms with van der Waals surface area (Å²) in [4.78, 5) is 0. The molecule has 2 nitrogen and oxygen atoms in total. The standard InChI is InChI=1S/C16H26ClNO/c1-6-9-18-15(16(3,4)5)11-19-14-10-13(17)8-7-12(14)2/h7-8,10,15,18H,6,9,11H2,1-5H3. The van der Waals surface area contributed by atoms with Crippen LogP contribution in [0.5, 0.6) is 5.75 Å². The van der Waals surface area contributed by atoms with Gasteiger partial charge in [-0.2, -0.15) is 0 Å². The second-order valence-corrected chi connectivity index (χ2v) is 6.53. The van der Waals surface area contributed by atoms with Gasteiger partial charge in [-0.05, 0) is 43.0 Å². The van der Waals surface area contributed by atoms with E-state index in [0.29, 0.717) is 12.6 Å². The molecule has 1 unspecified atom stereocenters. The van der Waals surface area contributed by atoms with Crippen LogP contribution in [0.15, 0.2) is 18.2 Å². The van der Waals surface area contributed by atoms with Crippen LogP contribution in [0.2, 0.25) is 5.02 Å². The highest BCUT2D eigenvalue weighted by Gasteiger charge is 2.24. The first kappa shape index (κ1) is 16.3. The maximum atomic E-state index is 6.01. The minimum Gasteiger partial charge on any atom is -0.492 e. The van der Waals surface area contributed by atoms with Gasteiger partial charge in [-0.15, -0.1) is 0 Å². The van der Waals surface area contributed by atoms with E-state index in [-0.39, 0.29) is 5.41 Å². The third-order valence-electron chi connectivity index (χ3n) is 3.24. The summed E-state index contributed by atoms with van der Waals surface area (Å²) in [5, 5.41) is 4.27. The number of rotatable bonds is 6. The molecular formula is C16H26ClNO. The molecule has 1 N–H and O–H groups in total. The zero-order valence-electron chi connectivity index (χ0n) is 12.7. The van der Waals surface area contributed by atoms with Crippen LogP contribution in [0.3, 0.4) is 0 Å². The number of hydrogen-bond acceptors (Lipinski definition) is 2. The van der Waals surface area contributed by atoms with E-state index in [1.54, 1.807) is 0 Å². The first-order valence-corrected chi connectivity index (χ1v) is 7.34. The molecule has 3 heteroatoms. The number of hydrogen-bond donors (Lipinski definition) is 1. The molecule has 1 aromatic rings. The summed E-state index contributed by atoms with van der Waals surface area (Å²) in [5.74, 6) is 0.875. The molecule has 19 heavy (non-hydrogen) atoms. The highest BCUT2D eigenvalue weighted by molar-refractivity contribution is 6.30. The van der Waals surface area contributed by atoms with Gasteiger partial charge in [0.2, 0.25) is 0 Å². The average molecular weight is 284 g/mol. The SMILES string of the molecule is CCCNC(COc1cc(Cl)ccc1C)C(C)(C)C. The van der Waals surface area contributed by atoms with Crippen LogP contribution in [0.4, 0.5) is 0 Å². The van der Waals surface area contributed by atoms with Gasteiger partial charge in [0.15, 0.2) is 0 Å². The molecule has 108 valence electrons. The predicted molar refractivity (Wildman–Crippen MR) is 83.2 cm³/mol. The maximum Gasteiger partial charge on any atom is 0.123 e. The van der Waals surface area contributed by atoms with Crippen LogP contribution in [0.25, 0.3) is 0 Å². The van der Waals surface area contributed by atoms with Crippen LogP contribution in [0, 0.1) is 12.3 Å². The molecule has 1 rings (SSSR count). The molecule has 0 fully saturated rings. The summed E-state index contributed by atoms with van der Waals surface area (Å²) >= 11 is 6.01. The van der Waals surface area contributed by atoms with E-state index in [0.717, 1.165) is 29.3 Å². The second kappa shape index (κ2) is 7.16. The van der Waals surface area contributed by atoms with Crippen LogP contribution in [0.1, 0.15) is 39.7 Å². The molecule has 0 saturated carbocycles. The third-order valence-corrected chi connectivity index (χ3v) is 3.48. The van der Waals surface area contributed by atoms with E-state index in [1.807, 2.05) is 25.1 Å². The van der Waals surface area contributed by atoms with Crippen molar-refractivity contribution in [2.75, 3.05) is 13.2 Å². The van der Waals surface area contributed by atoms with Gasteiger partial charge in [0.05, 0.1) is 0 Å². The lowest BCUT2D eigenvalue weighted by Crippen LogP contribution is -2.45. The van der Waals surface area contributed by atoms with Crippen LogP contribution in [-0.4, -0.2) is 19.2 Å². The lowest BCUT2D eigenvalue weighted by atomic mass is 9.87. The van der Waals surface area contributed by atoms with E-state index in [4.69, 9.17) is 16.3 Å². The van der Waals surface area contributed by atoms with Crippen LogP contribution in [-0.2, 0) is 0 Å². The van der Waals surface area contributed by atoms with Gasteiger partial charge in [-0.25, -0.2) is 0 Å². The van der Waals surface area contributed by atoms with Crippen molar-refractivity contribution in [3.05, 3.63) is 28.8 Å². The highest BCUT2D eigenvalue weighted by atomic mass is 35.5. The molecule has 0 aliphatic carbocycles. The molecule has 0 aliphatic heterocycles. The molecule has 0 aliphatic rings.